The Morgan fingerprint density at radius 1 is 1.12 bits per heavy atom. The molecule has 0 radical (unpaired) electrons. The summed E-state index contributed by atoms with van der Waals surface area (Å²) in [5, 5.41) is 29.7. The van der Waals surface area contributed by atoms with Gasteiger partial charge in [0.1, 0.15) is 5.75 Å². The van der Waals surface area contributed by atoms with E-state index in [2.05, 4.69) is 6.08 Å². The predicted molar refractivity (Wildman–Crippen MR) is 155 cm³/mol. The molecule has 2 heterocycles. The van der Waals surface area contributed by atoms with Crippen molar-refractivity contribution in [2.24, 2.45) is 17.8 Å². The number of hydrogen-bond donors (Lipinski definition) is 3. The van der Waals surface area contributed by atoms with Crippen molar-refractivity contribution in [2.75, 3.05) is 20.3 Å². The van der Waals surface area contributed by atoms with Crippen molar-refractivity contribution in [3.63, 3.8) is 0 Å². The summed E-state index contributed by atoms with van der Waals surface area (Å²) in [7, 11) is 0.581. The van der Waals surface area contributed by atoms with E-state index in [4.69, 9.17) is 14.5 Å². The Kier molecular flexibility index (Phi) is 10.1. The van der Waals surface area contributed by atoms with E-state index in [-0.39, 0.29) is 37.0 Å². The second-order valence-corrected chi connectivity index (χ2v) is 11.8. The Bertz CT molecular complexity index is 1220. The Morgan fingerprint density at radius 2 is 1.83 bits per heavy atom. The van der Waals surface area contributed by atoms with Crippen LogP contribution in [0.4, 0.5) is 0 Å². The van der Waals surface area contributed by atoms with Gasteiger partial charge in [-0.2, -0.15) is 0 Å². The number of carbonyl (C=O) groups is 3. The van der Waals surface area contributed by atoms with Crippen LogP contribution >= 0.6 is 0 Å². The van der Waals surface area contributed by atoms with Gasteiger partial charge in [-0.15, -0.1) is 0 Å². The molecule has 0 spiro atoms. The molecule has 1 aromatic rings. The largest absolute Gasteiger partial charge is 0.507 e. The van der Waals surface area contributed by atoms with Crippen LogP contribution in [0.25, 0.3) is 6.08 Å². The molecule has 2 fully saturated rings. The third kappa shape index (κ3) is 6.93. The molecule has 0 aromatic heterocycles. The van der Waals surface area contributed by atoms with Crippen LogP contribution in [0.5, 0.6) is 5.75 Å². The number of unbranched alkanes of at least 4 members (excludes halogenated alkanes) is 2. The number of phenolic OH excluding ortho intramolecular Hbond substituents is 1. The van der Waals surface area contributed by atoms with Crippen LogP contribution in [0, 0.1) is 31.6 Å². The highest BCUT2D eigenvalue weighted by Gasteiger charge is 2.57. The van der Waals surface area contributed by atoms with Crippen molar-refractivity contribution in [1.82, 2.24) is 4.90 Å². The number of aromatic hydroxyl groups is 1. The molecule has 2 aliphatic heterocycles. The maximum atomic E-state index is 13.6. The Morgan fingerprint density at radius 3 is 2.49 bits per heavy atom. The predicted octanol–water partition coefficient (Wildman–Crippen LogP) is 4.28. The molecule has 1 aliphatic carbocycles. The van der Waals surface area contributed by atoms with E-state index in [9.17, 15) is 24.5 Å². The molecule has 2 amide bonds. The minimum atomic E-state index is -1.03. The average Bonchev–Trinajstić information content (AvgIpc) is 3.14. The normalized spacial score (nSPS) is 24.7. The van der Waals surface area contributed by atoms with Gasteiger partial charge in [-0.3, -0.25) is 19.3 Å². The summed E-state index contributed by atoms with van der Waals surface area (Å²) < 4.78 is 11.6. The number of methoxy groups -OCH3 is 1. The third-order valence-electron chi connectivity index (χ3n) is 8.72. The van der Waals surface area contributed by atoms with Crippen molar-refractivity contribution in [3.05, 3.63) is 45.5 Å². The van der Waals surface area contributed by atoms with E-state index in [0.29, 0.717) is 50.9 Å². The molecule has 222 valence electrons. The van der Waals surface area contributed by atoms with E-state index in [1.807, 2.05) is 32.9 Å². The van der Waals surface area contributed by atoms with Gasteiger partial charge >= 0.3 is 13.1 Å². The highest BCUT2D eigenvalue weighted by atomic mass is 16.5. The first-order chi connectivity index (χ1) is 19.5. The van der Waals surface area contributed by atoms with Gasteiger partial charge in [-0.1, -0.05) is 18.1 Å². The molecule has 10 heteroatoms. The van der Waals surface area contributed by atoms with Crippen molar-refractivity contribution in [1.29, 1.82) is 0 Å². The number of phenols is 1. The standard InChI is InChI=1S/C31H42BNO8/c1-18(12-21-13-19(2)29(36)20(3)14-21)9-10-25-27-22(17-40-4)15-23-28(24(27)16-32(39)41-25)31(38)33(30(23)37)11-7-5-6-8-26(34)35/h12-14,23-25,28,36,39H,5-11,15-17H2,1-4H3,(H,34,35)/b18-12+/t23-,24+,25-,28-/m1/s1. The first-order valence-electron chi connectivity index (χ1n) is 14.6. The SMILES string of the molecule is COCC1=C2[C@@H](CC/C(C)=C/c3cc(C)c(O)c(C)c3)OB(O)C[C@@H]2[C@@H]2C(=O)N(CCCCCC(=O)O)C(=O)[C@@H]2C1. The second kappa shape index (κ2) is 13.4. The van der Waals surface area contributed by atoms with Crippen LogP contribution < -0.4 is 0 Å². The van der Waals surface area contributed by atoms with Crippen molar-refractivity contribution >= 4 is 31.0 Å². The number of carboxylic acid groups (broad SMARTS) is 1. The number of nitrogens with zero attached hydrogens (tertiary/aromatic N) is 1. The molecule has 3 aliphatic rings. The maximum absolute atomic E-state index is 13.6. The smallest absolute Gasteiger partial charge is 0.455 e. The van der Waals surface area contributed by atoms with E-state index in [1.54, 1.807) is 7.11 Å². The highest BCUT2D eigenvalue weighted by molar-refractivity contribution is 6.43. The minimum Gasteiger partial charge on any atom is -0.507 e. The van der Waals surface area contributed by atoms with Crippen molar-refractivity contribution < 1.29 is 39.0 Å². The van der Waals surface area contributed by atoms with Gasteiger partial charge in [-0.05, 0) is 105 Å². The summed E-state index contributed by atoms with van der Waals surface area (Å²) in [6.07, 6.45) is 5.48. The average molecular weight is 567 g/mol. The lowest BCUT2D eigenvalue weighted by Gasteiger charge is -2.43. The van der Waals surface area contributed by atoms with Crippen LogP contribution in [-0.2, 0) is 23.8 Å². The van der Waals surface area contributed by atoms with Crippen molar-refractivity contribution in [2.45, 2.75) is 78.1 Å². The molecule has 4 rings (SSSR count). The summed E-state index contributed by atoms with van der Waals surface area (Å²) in [5.74, 6) is -2.22. The number of aliphatic carboxylic acids is 1. The molecule has 0 bridgehead atoms. The molecule has 41 heavy (non-hydrogen) atoms. The third-order valence-corrected chi connectivity index (χ3v) is 8.72. The highest BCUT2D eigenvalue weighted by Crippen LogP contribution is 2.50. The fourth-order valence-corrected chi connectivity index (χ4v) is 6.87. The lowest BCUT2D eigenvalue weighted by molar-refractivity contribution is -0.141. The minimum absolute atomic E-state index is 0.0744. The molecular weight excluding hydrogens is 525 g/mol. The maximum Gasteiger partial charge on any atom is 0.455 e. The van der Waals surface area contributed by atoms with Crippen LogP contribution in [0.3, 0.4) is 0 Å². The summed E-state index contributed by atoms with van der Waals surface area (Å²) in [5.41, 5.74) is 5.75. The first-order valence-corrected chi connectivity index (χ1v) is 14.6. The van der Waals surface area contributed by atoms with E-state index >= 15 is 0 Å². The van der Waals surface area contributed by atoms with E-state index < -0.39 is 31.0 Å². The summed E-state index contributed by atoms with van der Waals surface area (Å²) in [6, 6.07) is 3.90. The van der Waals surface area contributed by atoms with Gasteiger partial charge in [0.05, 0.1) is 24.5 Å². The van der Waals surface area contributed by atoms with Gasteiger partial charge in [0.25, 0.3) is 0 Å². The van der Waals surface area contributed by atoms with Crippen LogP contribution in [0.1, 0.15) is 68.6 Å². The number of amides is 2. The molecular formula is C31H42BNO8. The number of carboxylic acids is 1. The van der Waals surface area contributed by atoms with Crippen LogP contribution in [0.2, 0.25) is 6.32 Å². The number of fused-ring (bicyclic) bond motifs is 3. The van der Waals surface area contributed by atoms with E-state index in [0.717, 1.165) is 33.4 Å². The number of carbonyl (C=O) groups excluding carboxylic acids is 2. The fourth-order valence-electron chi connectivity index (χ4n) is 6.87. The summed E-state index contributed by atoms with van der Waals surface area (Å²) >= 11 is 0. The van der Waals surface area contributed by atoms with E-state index in [1.165, 1.54) is 4.90 Å². The molecule has 1 aromatic carbocycles. The Hall–Kier alpha value is -2.95. The number of ether oxygens (including phenoxy) is 1. The number of benzene rings is 1. The lowest BCUT2D eigenvalue weighted by atomic mass is 9.58. The Labute approximate surface area is 242 Å². The second-order valence-electron chi connectivity index (χ2n) is 11.8. The molecule has 0 unspecified atom stereocenters. The van der Waals surface area contributed by atoms with Gasteiger partial charge in [0, 0.05) is 20.1 Å². The number of hydrogen-bond acceptors (Lipinski definition) is 7. The van der Waals surface area contributed by atoms with Crippen LogP contribution in [0.15, 0.2) is 28.9 Å². The molecule has 0 saturated carbocycles. The number of aryl methyl sites for hydroxylation is 2. The first kappa shape index (κ1) is 31.0. The summed E-state index contributed by atoms with van der Waals surface area (Å²) in [4.78, 5) is 39.2. The van der Waals surface area contributed by atoms with Crippen molar-refractivity contribution in [3.8, 4) is 5.75 Å². The summed E-state index contributed by atoms with van der Waals surface area (Å²) in [6.45, 7) is 6.42. The van der Waals surface area contributed by atoms with Gasteiger partial charge in [0.2, 0.25) is 11.8 Å². The van der Waals surface area contributed by atoms with Gasteiger partial charge in [0.15, 0.2) is 0 Å². The van der Waals surface area contributed by atoms with Gasteiger partial charge < -0.3 is 24.6 Å². The zero-order chi connectivity index (χ0) is 29.8. The zero-order valence-electron chi connectivity index (χ0n) is 24.5. The Balaban J connectivity index is 1.51. The number of likely N-dealkylation sites (tertiary alicyclic amines) is 1. The molecule has 3 N–H and O–H groups in total. The number of allylic oxidation sites excluding steroid dienone is 1. The number of imide groups is 1. The fraction of sp³-hybridized carbons (Fsp3) is 0.581. The van der Waals surface area contributed by atoms with Crippen LogP contribution in [-0.4, -0.2) is 71.4 Å². The molecule has 4 atom stereocenters. The molecule has 2 saturated heterocycles. The van der Waals surface area contributed by atoms with Gasteiger partial charge in [-0.25, -0.2) is 0 Å². The quantitative estimate of drug-likeness (QED) is 0.148. The topological polar surface area (TPSA) is 134 Å². The zero-order valence-corrected chi connectivity index (χ0v) is 24.5. The lowest BCUT2D eigenvalue weighted by Crippen LogP contribution is -2.46. The number of rotatable bonds is 12. The monoisotopic (exact) mass is 567 g/mol. The molecule has 9 nitrogen and oxygen atoms in total.